The molecule has 0 aliphatic rings. The number of likely N-dealkylation sites (N-methyl/N-ethyl adjacent to an activating group) is 1. The van der Waals surface area contributed by atoms with Crippen LogP contribution < -0.4 is 4.74 Å². The Morgan fingerprint density at radius 2 is 1.94 bits per heavy atom. The third-order valence-electron chi connectivity index (χ3n) is 2.60. The van der Waals surface area contributed by atoms with Crippen LogP contribution in [0.2, 0.25) is 0 Å². The third-order valence-corrected chi connectivity index (χ3v) is 2.60. The average Bonchev–Trinajstić information content (AvgIpc) is 2.35. The van der Waals surface area contributed by atoms with Crippen molar-refractivity contribution in [3.8, 4) is 18.1 Å². The molecule has 1 rings (SSSR count). The van der Waals surface area contributed by atoms with Crippen LogP contribution in [0.15, 0.2) is 24.3 Å². The van der Waals surface area contributed by atoms with E-state index >= 15 is 0 Å². The number of hydrogen-bond donors (Lipinski definition) is 0. The quantitative estimate of drug-likeness (QED) is 0.678. The van der Waals surface area contributed by atoms with Gasteiger partial charge in [-0.1, -0.05) is 31.9 Å². The number of para-hydroxylation sites is 1. The molecular formula is C14H19NO. The highest BCUT2D eigenvalue weighted by Gasteiger charge is 2.02. The van der Waals surface area contributed by atoms with Crippen molar-refractivity contribution >= 4 is 0 Å². The second-order valence-electron chi connectivity index (χ2n) is 3.52. The van der Waals surface area contributed by atoms with Gasteiger partial charge >= 0.3 is 0 Å². The van der Waals surface area contributed by atoms with Crippen LogP contribution >= 0.6 is 0 Å². The number of benzene rings is 1. The molecule has 0 amide bonds. The van der Waals surface area contributed by atoms with E-state index in [1.165, 1.54) is 0 Å². The van der Waals surface area contributed by atoms with Crippen LogP contribution in [0.1, 0.15) is 19.4 Å². The van der Waals surface area contributed by atoms with Crippen LogP contribution in [-0.4, -0.2) is 31.1 Å². The van der Waals surface area contributed by atoms with Gasteiger partial charge in [-0.2, -0.15) is 0 Å². The summed E-state index contributed by atoms with van der Waals surface area (Å²) in [6, 6.07) is 7.67. The van der Waals surface area contributed by atoms with Crippen molar-refractivity contribution in [1.82, 2.24) is 4.90 Å². The number of terminal acetylenes is 1. The summed E-state index contributed by atoms with van der Waals surface area (Å²) >= 11 is 0. The molecule has 0 bridgehead atoms. The molecule has 2 nitrogen and oxygen atoms in total. The highest BCUT2D eigenvalue weighted by atomic mass is 16.5. The van der Waals surface area contributed by atoms with Gasteiger partial charge in [0.15, 0.2) is 0 Å². The first-order valence-corrected chi connectivity index (χ1v) is 5.72. The summed E-state index contributed by atoms with van der Waals surface area (Å²) in [5.74, 6) is 3.43. The minimum absolute atomic E-state index is 0.681. The van der Waals surface area contributed by atoms with E-state index in [9.17, 15) is 0 Å². The Balaban J connectivity index is 2.46. The van der Waals surface area contributed by atoms with Crippen LogP contribution in [0, 0.1) is 12.3 Å². The zero-order valence-electron chi connectivity index (χ0n) is 10.1. The fourth-order valence-corrected chi connectivity index (χ4v) is 1.54. The van der Waals surface area contributed by atoms with Gasteiger partial charge in [-0.05, 0) is 25.2 Å². The smallest absolute Gasteiger partial charge is 0.134 e. The first kappa shape index (κ1) is 12.6. The van der Waals surface area contributed by atoms with Gasteiger partial charge in [0.05, 0.1) is 5.56 Å². The van der Waals surface area contributed by atoms with Gasteiger partial charge in [0.1, 0.15) is 12.4 Å². The molecule has 0 saturated heterocycles. The molecule has 0 atom stereocenters. The predicted molar refractivity (Wildman–Crippen MR) is 67.7 cm³/mol. The molecule has 2 heteroatoms. The maximum absolute atomic E-state index is 5.68. The van der Waals surface area contributed by atoms with E-state index in [4.69, 9.17) is 11.2 Å². The minimum Gasteiger partial charge on any atom is -0.491 e. The minimum atomic E-state index is 0.681. The number of hydrogen-bond acceptors (Lipinski definition) is 2. The molecule has 0 aromatic heterocycles. The molecule has 0 N–H and O–H groups in total. The Hall–Kier alpha value is -1.46. The van der Waals surface area contributed by atoms with Crippen molar-refractivity contribution in [2.75, 3.05) is 26.2 Å². The molecule has 0 spiro atoms. The van der Waals surface area contributed by atoms with E-state index in [1.54, 1.807) is 0 Å². The standard InChI is InChI=1S/C14H19NO/c1-4-13-9-7-8-10-14(13)16-12-11-15(5-2)6-3/h1,7-10H,5-6,11-12H2,2-3H3. The van der Waals surface area contributed by atoms with Crippen LogP contribution in [0.3, 0.4) is 0 Å². The molecule has 0 aliphatic carbocycles. The van der Waals surface area contributed by atoms with Crippen LogP contribution in [0.4, 0.5) is 0 Å². The fourth-order valence-electron chi connectivity index (χ4n) is 1.54. The normalized spacial score (nSPS) is 10.1. The van der Waals surface area contributed by atoms with Gasteiger partial charge < -0.3 is 9.64 Å². The predicted octanol–water partition coefficient (Wildman–Crippen LogP) is 2.39. The highest BCUT2D eigenvalue weighted by molar-refractivity contribution is 5.44. The van der Waals surface area contributed by atoms with Crippen molar-refractivity contribution in [3.05, 3.63) is 29.8 Å². The lowest BCUT2D eigenvalue weighted by molar-refractivity contribution is 0.222. The van der Waals surface area contributed by atoms with Gasteiger partial charge in [0, 0.05) is 6.54 Å². The lowest BCUT2D eigenvalue weighted by atomic mass is 10.2. The molecule has 16 heavy (non-hydrogen) atoms. The van der Waals surface area contributed by atoms with Gasteiger partial charge in [-0.15, -0.1) is 6.42 Å². The monoisotopic (exact) mass is 217 g/mol. The molecule has 0 saturated carbocycles. The Morgan fingerprint density at radius 3 is 2.56 bits per heavy atom. The molecule has 0 fully saturated rings. The molecule has 0 radical (unpaired) electrons. The summed E-state index contributed by atoms with van der Waals surface area (Å²) in [6.07, 6.45) is 5.39. The summed E-state index contributed by atoms with van der Waals surface area (Å²) in [5, 5.41) is 0. The Labute approximate surface area is 98.2 Å². The van der Waals surface area contributed by atoms with E-state index in [0.717, 1.165) is 30.9 Å². The van der Waals surface area contributed by atoms with Crippen molar-refractivity contribution in [2.24, 2.45) is 0 Å². The first-order valence-electron chi connectivity index (χ1n) is 5.72. The summed E-state index contributed by atoms with van der Waals surface area (Å²) < 4.78 is 5.68. The maximum atomic E-state index is 5.68. The molecule has 1 aromatic rings. The highest BCUT2D eigenvalue weighted by Crippen LogP contribution is 2.16. The zero-order valence-corrected chi connectivity index (χ0v) is 10.1. The van der Waals surface area contributed by atoms with Crippen molar-refractivity contribution in [1.29, 1.82) is 0 Å². The summed E-state index contributed by atoms with van der Waals surface area (Å²) in [5.41, 5.74) is 0.821. The van der Waals surface area contributed by atoms with Crippen LogP contribution in [0.5, 0.6) is 5.75 Å². The van der Waals surface area contributed by atoms with Crippen molar-refractivity contribution < 1.29 is 4.74 Å². The third kappa shape index (κ3) is 3.60. The lowest BCUT2D eigenvalue weighted by Gasteiger charge is -2.18. The van der Waals surface area contributed by atoms with E-state index in [1.807, 2.05) is 24.3 Å². The largest absolute Gasteiger partial charge is 0.491 e. The van der Waals surface area contributed by atoms with Gasteiger partial charge in [0.2, 0.25) is 0 Å². The Morgan fingerprint density at radius 1 is 1.25 bits per heavy atom. The fraction of sp³-hybridized carbons (Fsp3) is 0.429. The first-order chi connectivity index (χ1) is 7.81. The number of nitrogens with zero attached hydrogens (tertiary/aromatic N) is 1. The molecule has 0 aliphatic heterocycles. The number of rotatable bonds is 6. The topological polar surface area (TPSA) is 12.5 Å². The maximum Gasteiger partial charge on any atom is 0.134 e. The van der Waals surface area contributed by atoms with Crippen LogP contribution in [0.25, 0.3) is 0 Å². The number of ether oxygens (including phenoxy) is 1. The molecule has 0 unspecified atom stereocenters. The summed E-state index contributed by atoms with van der Waals surface area (Å²) in [7, 11) is 0. The lowest BCUT2D eigenvalue weighted by Crippen LogP contribution is -2.28. The molecule has 0 heterocycles. The molecule has 86 valence electrons. The Bertz CT molecular complexity index is 350. The second kappa shape index (κ2) is 6.92. The SMILES string of the molecule is C#Cc1ccccc1OCCN(CC)CC. The van der Waals surface area contributed by atoms with E-state index < -0.39 is 0 Å². The van der Waals surface area contributed by atoms with Crippen molar-refractivity contribution in [2.45, 2.75) is 13.8 Å². The molecule has 1 aromatic carbocycles. The second-order valence-corrected chi connectivity index (χ2v) is 3.52. The molecular weight excluding hydrogens is 198 g/mol. The van der Waals surface area contributed by atoms with E-state index in [2.05, 4.69) is 24.7 Å². The van der Waals surface area contributed by atoms with Crippen molar-refractivity contribution in [3.63, 3.8) is 0 Å². The van der Waals surface area contributed by atoms with E-state index in [0.29, 0.717) is 6.61 Å². The zero-order chi connectivity index (χ0) is 11.8. The average molecular weight is 217 g/mol. The van der Waals surface area contributed by atoms with E-state index in [-0.39, 0.29) is 0 Å². The van der Waals surface area contributed by atoms with Gasteiger partial charge in [0.25, 0.3) is 0 Å². The van der Waals surface area contributed by atoms with Crippen LogP contribution in [-0.2, 0) is 0 Å². The summed E-state index contributed by atoms with van der Waals surface area (Å²) in [4.78, 5) is 2.32. The van der Waals surface area contributed by atoms with Gasteiger partial charge in [-0.3, -0.25) is 0 Å². The van der Waals surface area contributed by atoms with Gasteiger partial charge in [-0.25, -0.2) is 0 Å². The summed E-state index contributed by atoms with van der Waals surface area (Å²) in [6.45, 7) is 8.03. The Kier molecular flexibility index (Phi) is 5.45.